The van der Waals surface area contributed by atoms with Crippen molar-refractivity contribution in [3.63, 3.8) is 0 Å². The predicted molar refractivity (Wildman–Crippen MR) is 68.4 cm³/mol. The van der Waals surface area contributed by atoms with E-state index in [0.717, 1.165) is 5.69 Å². The molecule has 1 aromatic rings. The lowest BCUT2D eigenvalue weighted by molar-refractivity contribution is 0.216. The van der Waals surface area contributed by atoms with Crippen molar-refractivity contribution in [3.8, 4) is 0 Å². The highest BCUT2D eigenvalue weighted by atomic mass is 16.2. The number of rotatable bonds is 4. The van der Waals surface area contributed by atoms with Gasteiger partial charge in [-0.05, 0) is 12.1 Å². The van der Waals surface area contributed by atoms with Crippen LogP contribution >= 0.6 is 0 Å². The van der Waals surface area contributed by atoms with E-state index in [0.29, 0.717) is 26.2 Å². The molecule has 0 radical (unpaired) electrons. The predicted octanol–water partition coefficient (Wildman–Crippen LogP) is 0.833. The van der Waals surface area contributed by atoms with Crippen molar-refractivity contribution < 1.29 is 9.59 Å². The summed E-state index contributed by atoms with van der Waals surface area (Å²) in [5.41, 5.74) is 0.744. The van der Waals surface area contributed by atoms with Gasteiger partial charge >= 0.3 is 12.1 Å². The number of para-hydroxylation sites is 1. The SMILES string of the molecule is O=C(NCCN1CCNC1=O)Nc1ccccc1. The molecule has 1 fully saturated rings. The third-order valence-corrected chi connectivity index (χ3v) is 2.64. The monoisotopic (exact) mass is 248 g/mol. The first kappa shape index (κ1) is 12.2. The first-order chi connectivity index (χ1) is 8.75. The van der Waals surface area contributed by atoms with Crippen molar-refractivity contribution >= 4 is 17.7 Å². The van der Waals surface area contributed by atoms with Crippen LogP contribution in [0.3, 0.4) is 0 Å². The Labute approximate surface area is 105 Å². The lowest BCUT2D eigenvalue weighted by atomic mass is 10.3. The lowest BCUT2D eigenvalue weighted by Crippen LogP contribution is -2.38. The van der Waals surface area contributed by atoms with Gasteiger partial charge in [-0.3, -0.25) is 0 Å². The van der Waals surface area contributed by atoms with E-state index in [9.17, 15) is 9.59 Å². The minimum atomic E-state index is -0.263. The standard InChI is InChI=1S/C12H16N4O2/c17-11(15-10-4-2-1-3-5-10)13-6-8-16-9-7-14-12(16)18/h1-5H,6-9H2,(H,14,18)(H2,13,15,17). The molecule has 0 spiro atoms. The molecule has 0 aliphatic carbocycles. The molecule has 4 amide bonds. The van der Waals surface area contributed by atoms with Crippen LogP contribution in [-0.4, -0.2) is 43.1 Å². The number of nitrogens with one attached hydrogen (secondary N) is 3. The van der Waals surface area contributed by atoms with Crippen LogP contribution in [0, 0.1) is 0 Å². The molecule has 3 N–H and O–H groups in total. The number of carbonyl (C=O) groups is 2. The van der Waals surface area contributed by atoms with E-state index in [4.69, 9.17) is 0 Å². The summed E-state index contributed by atoms with van der Waals surface area (Å²) in [5.74, 6) is 0. The number of nitrogens with zero attached hydrogens (tertiary/aromatic N) is 1. The molecule has 18 heavy (non-hydrogen) atoms. The van der Waals surface area contributed by atoms with Gasteiger partial charge in [-0.1, -0.05) is 18.2 Å². The zero-order chi connectivity index (χ0) is 12.8. The van der Waals surface area contributed by atoms with Crippen molar-refractivity contribution in [2.24, 2.45) is 0 Å². The Balaban J connectivity index is 1.67. The highest BCUT2D eigenvalue weighted by Gasteiger charge is 2.18. The second-order valence-electron chi connectivity index (χ2n) is 3.97. The number of anilines is 1. The van der Waals surface area contributed by atoms with Crippen LogP contribution in [0.15, 0.2) is 30.3 Å². The van der Waals surface area contributed by atoms with Crippen LogP contribution < -0.4 is 16.0 Å². The Hall–Kier alpha value is -2.24. The summed E-state index contributed by atoms with van der Waals surface area (Å²) in [6, 6.07) is 8.88. The maximum Gasteiger partial charge on any atom is 0.319 e. The average molecular weight is 248 g/mol. The fourth-order valence-corrected chi connectivity index (χ4v) is 1.73. The summed E-state index contributed by atoms with van der Waals surface area (Å²) in [7, 11) is 0. The number of hydrogen-bond donors (Lipinski definition) is 3. The average Bonchev–Trinajstić information content (AvgIpc) is 2.76. The highest BCUT2D eigenvalue weighted by molar-refractivity contribution is 5.89. The van der Waals surface area contributed by atoms with Crippen LogP contribution in [-0.2, 0) is 0 Å². The molecule has 6 heteroatoms. The third-order valence-electron chi connectivity index (χ3n) is 2.64. The second kappa shape index (κ2) is 5.90. The van der Waals surface area contributed by atoms with Gasteiger partial charge in [0.05, 0.1) is 0 Å². The maximum absolute atomic E-state index is 11.5. The van der Waals surface area contributed by atoms with Gasteiger partial charge in [0.25, 0.3) is 0 Å². The maximum atomic E-state index is 11.5. The number of hydrogen-bond acceptors (Lipinski definition) is 2. The fraction of sp³-hybridized carbons (Fsp3) is 0.333. The summed E-state index contributed by atoms with van der Waals surface area (Å²) in [6.07, 6.45) is 0. The zero-order valence-electron chi connectivity index (χ0n) is 9.98. The molecule has 1 aromatic carbocycles. The first-order valence-corrected chi connectivity index (χ1v) is 5.88. The normalized spacial score (nSPS) is 14.2. The van der Waals surface area contributed by atoms with Crippen LogP contribution in [0.5, 0.6) is 0 Å². The Morgan fingerprint density at radius 1 is 1.33 bits per heavy atom. The van der Waals surface area contributed by atoms with Crippen LogP contribution in [0.1, 0.15) is 0 Å². The Kier molecular flexibility index (Phi) is 4.01. The molecule has 1 aliphatic rings. The molecule has 0 aromatic heterocycles. The summed E-state index contributed by atoms with van der Waals surface area (Å²) in [5, 5.41) is 8.12. The minimum absolute atomic E-state index is 0.0692. The smallest absolute Gasteiger partial charge is 0.319 e. The van der Waals surface area contributed by atoms with Crippen molar-refractivity contribution in [2.45, 2.75) is 0 Å². The number of amides is 4. The van der Waals surface area contributed by atoms with E-state index in [1.807, 2.05) is 30.3 Å². The molecule has 0 saturated carbocycles. The van der Waals surface area contributed by atoms with Gasteiger partial charge in [-0.15, -0.1) is 0 Å². The van der Waals surface area contributed by atoms with Gasteiger partial charge in [0.15, 0.2) is 0 Å². The van der Waals surface area contributed by atoms with E-state index in [2.05, 4.69) is 16.0 Å². The Morgan fingerprint density at radius 2 is 2.11 bits per heavy atom. The molecule has 6 nitrogen and oxygen atoms in total. The molecular formula is C12H16N4O2. The van der Waals surface area contributed by atoms with Gasteiger partial charge in [-0.2, -0.15) is 0 Å². The van der Waals surface area contributed by atoms with Crippen LogP contribution in [0.4, 0.5) is 15.3 Å². The molecule has 0 bridgehead atoms. The molecule has 96 valence electrons. The number of urea groups is 2. The summed E-state index contributed by atoms with van der Waals surface area (Å²) < 4.78 is 0. The molecule has 1 heterocycles. The van der Waals surface area contributed by atoms with E-state index >= 15 is 0 Å². The van der Waals surface area contributed by atoms with E-state index in [1.165, 1.54) is 0 Å². The molecule has 1 aliphatic heterocycles. The summed E-state index contributed by atoms with van der Waals surface area (Å²) in [4.78, 5) is 24.4. The van der Waals surface area contributed by atoms with Crippen molar-refractivity contribution in [3.05, 3.63) is 30.3 Å². The van der Waals surface area contributed by atoms with E-state index < -0.39 is 0 Å². The molecule has 1 saturated heterocycles. The van der Waals surface area contributed by atoms with Gasteiger partial charge in [0.1, 0.15) is 0 Å². The highest BCUT2D eigenvalue weighted by Crippen LogP contribution is 2.04. The minimum Gasteiger partial charge on any atom is -0.336 e. The van der Waals surface area contributed by atoms with Crippen molar-refractivity contribution in [1.29, 1.82) is 0 Å². The quantitative estimate of drug-likeness (QED) is 0.738. The first-order valence-electron chi connectivity index (χ1n) is 5.88. The summed E-state index contributed by atoms with van der Waals surface area (Å²) >= 11 is 0. The third kappa shape index (κ3) is 3.38. The van der Waals surface area contributed by atoms with Gasteiger partial charge < -0.3 is 20.9 Å². The fourth-order valence-electron chi connectivity index (χ4n) is 1.73. The van der Waals surface area contributed by atoms with Gasteiger partial charge in [0, 0.05) is 31.9 Å². The van der Waals surface area contributed by atoms with Crippen LogP contribution in [0.25, 0.3) is 0 Å². The Bertz CT molecular complexity index is 421. The number of benzene rings is 1. The summed E-state index contributed by atoms with van der Waals surface area (Å²) in [6.45, 7) is 2.33. The largest absolute Gasteiger partial charge is 0.336 e. The molecule has 2 rings (SSSR count). The van der Waals surface area contributed by atoms with Gasteiger partial charge in [-0.25, -0.2) is 9.59 Å². The van der Waals surface area contributed by atoms with Crippen molar-refractivity contribution in [1.82, 2.24) is 15.5 Å². The van der Waals surface area contributed by atoms with Crippen molar-refractivity contribution in [2.75, 3.05) is 31.5 Å². The second-order valence-corrected chi connectivity index (χ2v) is 3.97. The lowest BCUT2D eigenvalue weighted by Gasteiger charge is -2.14. The molecular weight excluding hydrogens is 232 g/mol. The number of carbonyl (C=O) groups excluding carboxylic acids is 2. The van der Waals surface area contributed by atoms with E-state index in [-0.39, 0.29) is 12.1 Å². The zero-order valence-corrected chi connectivity index (χ0v) is 9.98. The molecule has 0 unspecified atom stereocenters. The Morgan fingerprint density at radius 3 is 2.78 bits per heavy atom. The van der Waals surface area contributed by atoms with E-state index in [1.54, 1.807) is 4.90 Å². The molecule has 0 atom stereocenters. The van der Waals surface area contributed by atoms with Gasteiger partial charge in [0.2, 0.25) is 0 Å². The van der Waals surface area contributed by atoms with Crippen LogP contribution in [0.2, 0.25) is 0 Å². The topological polar surface area (TPSA) is 73.5 Å².